The van der Waals surface area contributed by atoms with Gasteiger partial charge in [-0.3, -0.25) is 14.6 Å². The van der Waals surface area contributed by atoms with Gasteiger partial charge in [0, 0.05) is 5.69 Å². The molecule has 9 heteroatoms. The van der Waals surface area contributed by atoms with Gasteiger partial charge in [-0.2, -0.15) is 5.10 Å². The van der Waals surface area contributed by atoms with Crippen LogP contribution in [0, 0.1) is 12.7 Å². The van der Waals surface area contributed by atoms with Crippen LogP contribution < -0.4 is 16.6 Å². The molecular formula is C14H15FN4O3S. The summed E-state index contributed by atoms with van der Waals surface area (Å²) in [4.78, 5) is 36.8. The van der Waals surface area contributed by atoms with Gasteiger partial charge < -0.3 is 5.32 Å². The number of nitrogens with zero attached hydrogens (tertiary/aromatic N) is 1. The van der Waals surface area contributed by atoms with Gasteiger partial charge in [0.15, 0.2) is 5.03 Å². The van der Waals surface area contributed by atoms with E-state index in [9.17, 15) is 18.8 Å². The molecule has 23 heavy (non-hydrogen) atoms. The zero-order chi connectivity index (χ0) is 17.0. The number of carbonyl (C=O) groups is 1. The number of anilines is 1. The summed E-state index contributed by atoms with van der Waals surface area (Å²) in [6, 6.07) is 4.39. The molecule has 0 aliphatic rings. The summed E-state index contributed by atoms with van der Waals surface area (Å²) in [7, 11) is 0. The summed E-state index contributed by atoms with van der Waals surface area (Å²) in [6.45, 7) is 3.40. The first-order valence-electron chi connectivity index (χ1n) is 6.83. The Labute approximate surface area is 134 Å². The van der Waals surface area contributed by atoms with Gasteiger partial charge in [0.2, 0.25) is 5.91 Å². The molecule has 0 fully saturated rings. The van der Waals surface area contributed by atoms with E-state index in [1.54, 1.807) is 26.0 Å². The Morgan fingerprint density at radius 3 is 2.78 bits per heavy atom. The van der Waals surface area contributed by atoms with Crippen molar-refractivity contribution in [3.05, 3.63) is 50.4 Å². The van der Waals surface area contributed by atoms with Gasteiger partial charge in [0.1, 0.15) is 5.82 Å². The van der Waals surface area contributed by atoms with Crippen LogP contribution in [-0.4, -0.2) is 26.3 Å². The van der Waals surface area contributed by atoms with Crippen molar-refractivity contribution < 1.29 is 9.18 Å². The average molecular weight is 338 g/mol. The standard InChI is InChI=1S/C14H15FN4O3S/c1-3-10(23-13-12(21)17-14(22)19-18-13)11(20)16-8-5-4-7(2)9(15)6-8/h4-6,10H,3H2,1-2H3,(H,16,20)(H2,17,19,21,22). The van der Waals surface area contributed by atoms with E-state index in [0.717, 1.165) is 11.8 Å². The predicted molar refractivity (Wildman–Crippen MR) is 85.2 cm³/mol. The fraction of sp³-hybridized carbons (Fsp3) is 0.286. The smallest absolute Gasteiger partial charge is 0.325 e. The Kier molecular flexibility index (Phi) is 5.32. The van der Waals surface area contributed by atoms with E-state index in [1.807, 2.05) is 4.98 Å². The molecule has 1 aromatic carbocycles. The van der Waals surface area contributed by atoms with Crippen LogP contribution in [0.25, 0.3) is 0 Å². The maximum absolute atomic E-state index is 13.5. The molecule has 2 rings (SSSR count). The molecule has 7 nitrogen and oxygen atoms in total. The van der Waals surface area contributed by atoms with Crippen molar-refractivity contribution in [1.29, 1.82) is 0 Å². The Morgan fingerprint density at radius 2 is 2.17 bits per heavy atom. The third-order valence-corrected chi connectivity index (χ3v) is 4.37. The summed E-state index contributed by atoms with van der Waals surface area (Å²) >= 11 is 0.928. The number of nitrogens with one attached hydrogen (secondary N) is 3. The molecule has 3 N–H and O–H groups in total. The van der Waals surface area contributed by atoms with Gasteiger partial charge in [-0.1, -0.05) is 24.8 Å². The van der Waals surface area contributed by atoms with E-state index in [4.69, 9.17) is 0 Å². The maximum Gasteiger partial charge on any atom is 0.342 e. The molecule has 0 bridgehead atoms. The summed E-state index contributed by atoms with van der Waals surface area (Å²) in [5.41, 5.74) is -0.563. The number of carbonyl (C=O) groups excluding carboxylic acids is 1. The van der Waals surface area contributed by atoms with Crippen molar-refractivity contribution in [3.63, 3.8) is 0 Å². The topological polar surface area (TPSA) is 108 Å². The third-order valence-electron chi connectivity index (χ3n) is 3.04. The van der Waals surface area contributed by atoms with Crippen molar-refractivity contribution >= 4 is 23.4 Å². The van der Waals surface area contributed by atoms with Crippen LogP contribution in [0.5, 0.6) is 0 Å². The van der Waals surface area contributed by atoms with Crippen molar-refractivity contribution in [2.45, 2.75) is 30.5 Å². The zero-order valence-electron chi connectivity index (χ0n) is 12.5. The predicted octanol–water partition coefficient (Wildman–Crippen LogP) is 1.42. The monoisotopic (exact) mass is 338 g/mol. The van der Waals surface area contributed by atoms with E-state index in [-0.39, 0.29) is 10.9 Å². The van der Waals surface area contributed by atoms with Gasteiger partial charge in [-0.15, -0.1) is 0 Å². The SMILES string of the molecule is CCC(Sc1n[nH]c(=O)[nH]c1=O)C(=O)Nc1ccc(C)c(F)c1. The number of thioether (sulfide) groups is 1. The van der Waals surface area contributed by atoms with Crippen LogP contribution in [0.1, 0.15) is 18.9 Å². The number of rotatable bonds is 5. The molecule has 0 aliphatic heterocycles. The quantitative estimate of drug-likeness (QED) is 0.715. The number of hydrogen-bond acceptors (Lipinski definition) is 5. The second kappa shape index (κ2) is 7.23. The largest absolute Gasteiger partial charge is 0.342 e. The van der Waals surface area contributed by atoms with Crippen LogP contribution in [0.3, 0.4) is 0 Å². The Morgan fingerprint density at radius 1 is 1.43 bits per heavy atom. The number of hydrogen-bond donors (Lipinski definition) is 3. The number of aromatic amines is 2. The van der Waals surface area contributed by atoms with Crippen LogP contribution in [0.15, 0.2) is 32.8 Å². The highest BCUT2D eigenvalue weighted by atomic mass is 32.2. The minimum atomic E-state index is -0.716. The van der Waals surface area contributed by atoms with E-state index in [2.05, 4.69) is 15.5 Å². The summed E-state index contributed by atoms with van der Waals surface area (Å²) in [6.07, 6.45) is 0.422. The van der Waals surface area contributed by atoms with Gasteiger partial charge in [0.05, 0.1) is 5.25 Å². The summed E-state index contributed by atoms with van der Waals surface area (Å²) < 4.78 is 13.5. The minimum Gasteiger partial charge on any atom is -0.325 e. The second-order valence-corrected chi connectivity index (χ2v) is 5.97. The van der Waals surface area contributed by atoms with Crippen LogP contribution in [0.4, 0.5) is 10.1 Å². The zero-order valence-corrected chi connectivity index (χ0v) is 13.3. The molecule has 0 aliphatic carbocycles. The molecule has 1 aromatic heterocycles. The summed E-state index contributed by atoms with van der Waals surface area (Å²) in [5, 5.41) is 7.71. The molecule has 1 atom stereocenters. The first-order chi connectivity index (χ1) is 10.9. The van der Waals surface area contributed by atoms with E-state index < -0.39 is 22.3 Å². The fourth-order valence-corrected chi connectivity index (χ4v) is 2.63. The molecule has 0 saturated carbocycles. The Balaban J connectivity index is 2.13. The molecule has 0 spiro atoms. The first-order valence-corrected chi connectivity index (χ1v) is 7.71. The number of halogens is 1. The lowest BCUT2D eigenvalue weighted by atomic mass is 10.2. The van der Waals surface area contributed by atoms with Crippen molar-refractivity contribution in [3.8, 4) is 0 Å². The molecule has 1 amide bonds. The number of aryl methyl sites for hydroxylation is 1. The highest BCUT2D eigenvalue weighted by Crippen LogP contribution is 2.22. The van der Waals surface area contributed by atoms with Gasteiger partial charge >= 0.3 is 5.69 Å². The van der Waals surface area contributed by atoms with Crippen molar-refractivity contribution in [2.75, 3.05) is 5.32 Å². The molecule has 122 valence electrons. The van der Waals surface area contributed by atoms with Gasteiger partial charge in [-0.05, 0) is 31.0 Å². The molecule has 0 saturated heterocycles. The minimum absolute atomic E-state index is 0.0123. The number of benzene rings is 1. The lowest BCUT2D eigenvalue weighted by Gasteiger charge is -2.14. The second-order valence-electron chi connectivity index (χ2n) is 4.78. The molecule has 0 radical (unpaired) electrons. The average Bonchev–Trinajstić information content (AvgIpc) is 2.50. The van der Waals surface area contributed by atoms with E-state index in [1.165, 1.54) is 6.07 Å². The molecular weight excluding hydrogens is 323 g/mol. The number of aromatic nitrogens is 3. The normalized spacial score (nSPS) is 12.0. The highest BCUT2D eigenvalue weighted by Gasteiger charge is 2.21. The lowest BCUT2D eigenvalue weighted by molar-refractivity contribution is -0.115. The molecule has 1 unspecified atom stereocenters. The van der Waals surface area contributed by atoms with E-state index >= 15 is 0 Å². The number of H-pyrrole nitrogens is 2. The highest BCUT2D eigenvalue weighted by molar-refractivity contribution is 8.00. The molecule has 1 heterocycles. The third kappa shape index (κ3) is 4.28. The van der Waals surface area contributed by atoms with Gasteiger partial charge in [0.25, 0.3) is 5.56 Å². The molecule has 2 aromatic rings. The fourth-order valence-electron chi connectivity index (χ4n) is 1.77. The lowest BCUT2D eigenvalue weighted by Crippen LogP contribution is -2.29. The van der Waals surface area contributed by atoms with E-state index in [0.29, 0.717) is 17.7 Å². The maximum atomic E-state index is 13.5. The van der Waals surface area contributed by atoms with Crippen molar-refractivity contribution in [1.82, 2.24) is 15.2 Å². The Bertz CT molecular complexity index is 833. The van der Waals surface area contributed by atoms with Crippen LogP contribution in [0.2, 0.25) is 0 Å². The van der Waals surface area contributed by atoms with Crippen LogP contribution in [-0.2, 0) is 4.79 Å². The van der Waals surface area contributed by atoms with Crippen LogP contribution >= 0.6 is 11.8 Å². The van der Waals surface area contributed by atoms with Crippen molar-refractivity contribution in [2.24, 2.45) is 0 Å². The van der Waals surface area contributed by atoms with Gasteiger partial charge in [-0.25, -0.2) is 14.3 Å². The first kappa shape index (κ1) is 16.9. The summed E-state index contributed by atoms with van der Waals surface area (Å²) in [5.74, 6) is -0.796. The number of amides is 1. The Hall–Kier alpha value is -2.42.